The van der Waals surface area contributed by atoms with Gasteiger partial charge in [-0.25, -0.2) is 4.98 Å². The van der Waals surface area contributed by atoms with Crippen LogP contribution in [0.1, 0.15) is 19.8 Å². The Bertz CT molecular complexity index is 514. The van der Waals surface area contributed by atoms with Crippen LogP contribution < -0.4 is 10.1 Å². The molecule has 1 aromatic rings. The Morgan fingerprint density at radius 3 is 2.70 bits per heavy atom. The van der Waals surface area contributed by atoms with Gasteiger partial charge in [0.25, 0.3) is 0 Å². The van der Waals surface area contributed by atoms with Crippen molar-refractivity contribution in [2.45, 2.75) is 25.9 Å². The zero-order valence-corrected chi connectivity index (χ0v) is 12.7. The van der Waals surface area contributed by atoms with Crippen molar-refractivity contribution in [1.82, 2.24) is 4.98 Å². The number of aromatic nitrogens is 1. The fourth-order valence-corrected chi connectivity index (χ4v) is 2.38. The van der Waals surface area contributed by atoms with Gasteiger partial charge in [-0.05, 0) is 24.8 Å². The summed E-state index contributed by atoms with van der Waals surface area (Å²) in [5.74, 6) is -0.174. The lowest BCUT2D eigenvalue weighted by Gasteiger charge is -2.26. The number of nitrogens with one attached hydrogen (secondary N) is 1. The van der Waals surface area contributed by atoms with Crippen LogP contribution in [0.2, 0.25) is 0 Å². The molecule has 128 valence electrons. The second kappa shape index (κ2) is 7.63. The number of amides is 1. The van der Waals surface area contributed by atoms with E-state index in [1.54, 1.807) is 0 Å². The minimum absolute atomic E-state index is 0.136. The van der Waals surface area contributed by atoms with Crippen molar-refractivity contribution in [1.29, 1.82) is 0 Å². The number of hydrogen-bond acceptors (Lipinski definition) is 4. The van der Waals surface area contributed by atoms with E-state index < -0.39 is 12.8 Å². The summed E-state index contributed by atoms with van der Waals surface area (Å²) in [6.07, 6.45) is -1.44. The van der Waals surface area contributed by atoms with Crippen LogP contribution in [0.3, 0.4) is 0 Å². The largest absolute Gasteiger partial charge is 0.468 e. The standard InChI is InChI=1S/C15H19F3N2O3/c1-10(11-4-6-22-7-5-11)14(21)20-12-2-3-13(19-8-12)23-9-15(16,17)18/h2-3,8,10-11H,4-7,9H2,1H3,(H,20,21)/t10-/m0/s1. The van der Waals surface area contributed by atoms with E-state index in [4.69, 9.17) is 4.74 Å². The molecular weight excluding hydrogens is 313 g/mol. The Balaban J connectivity index is 1.86. The normalized spacial score (nSPS) is 17.6. The molecule has 1 atom stereocenters. The van der Waals surface area contributed by atoms with Crippen molar-refractivity contribution in [3.63, 3.8) is 0 Å². The fraction of sp³-hybridized carbons (Fsp3) is 0.600. The maximum atomic E-state index is 12.2. The lowest BCUT2D eigenvalue weighted by Crippen LogP contribution is -2.31. The van der Waals surface area contributed by atoms with Crippen LogP contribution in [0.15, 0.2) is 18.3 Å². The molecule has 5 nitrogen and oxygen atoms in total. The van der Waals surface area contributed by atoms with Crippen molar-refractivity contribution in [2.75, 3.05) is 25.1 Å². The number of nitrogens with zero attached hydrogens (tertiary/aromatic N) is 1. The number of halogens is 3. The van der Waals surface area contributed by atoms with Gasteiger partial charge in [-0.3, -0.25) is 4.79 Å². The molecule has 0 aliphatic carbocycles. The van der Waals surface area contributed by atoms with Crippen molar-refractivity contribution in [3.8, 4) is 5.88 Å². The molecule has 1 aliphatic heterocycles. The molecule has 0 bridgehead atoms. The van der Waals surface area contributed by atoms with E-state index in [0.29, 0.717) is 18.9 Å². The van der Waals surface area contributed by atoms with Crippen molar-refractivity contribution in [2.24, 2.45) is 11.8 Å². The number of ether oxygens (including phenoxy) is 2. The summed E-state index contributed by atoms with van der Waals surface area (Å²) in [4.78, 5) is 15.9. The molecule has 1 saturated heterocycles. The highest BCUT2D eigenvalue weighted by molar-refractivity contribution is 5.92. The highest BCUT2D eigenvalue weighted by Crippen LogP contribution is 2.25. The zero-order valence-electron chi connectivity index (χ0n) is 12.7. The number of carbonyl (C=O) groups is 1. The van der Waals surface area contributed by atoms with Gasteiger partial charge in [0.15, 0.2) is 6.61 Å². The van der Waals surface area contributed by atoms with E-state index in [0.717, 1.165) is 12.8 Å². The Morgan fingerprint density at radius 2 is 2.13 bits per heavy atom. The van der Waals surface area contributed by atoms with Gasteiger partial charge in [-0.1, -0.05) is 6.92 Å². The topological polar surface area (TPSA) is 60.5 Å². The average Bonchev–Trinajstić information content (AvgIpc) is 2.53. The summed E-state index contributed by atoms with van der Waals surface area (Å²) < 4.78 is 45.9. The first-order valence-corrected chi connectivity index (χ1v) is 7.39. The van der Waals surface area contributed by atoms with Crippen LogP contribution in [-0.4, -0.2) is 36.9 Å². The number of hydrogen-bond donors (Lipinski definition) is 1. The molecule has 1 aliphatic rings. The third-order valence-electron chi connectivity index (χ3n) is 3.77. The molecule has 1 amide bonds. The first-order chi connectivity index (χ1) is 10.8. The van der Waals surface area contributed by atoms with Gasteiger partial charge >= 0.3 is 6.18 Å². The number of rotatable bonds is 5. The molecule has 0 saturated carbocycles. The lowest BCUT2D eigenvalue weighted by atomic mass is 9.87. The van der Waals surface area contributed by atoms with Gasteiger partial charge in [0, 0.05) is 25.2 Å². The average molecular weight is 332 g/mol. The van der Waals surface area contributed by atoms with Crippen molar-refractivity contribution < 1.29 is 27.4 Å². The number of pyridine rings is 1. The minimum atomic E-state index is -4.41. The summed E-state index contributed by atoms with van der Waals surface area (Å²) in [6.45, 7) is 1.79. The van der Waals surface area contributed by atoms with E-state index in [9.17, 15) is 18.0 Å². The van der Waals surface area contributed by atoms with Gasteiger partial charge < -0.3 is 14.8 Å². The predicted octanol–water partition coefficient (Wildman–Crippen LogP) is 3.02. The first-order valence-electron chi connectivity index (χ1n) is 7.39. The molecule has 0 aromatic carbocycles. The number of anilines is 1. The van der Waals surface area contributed by atoms with Gasteiger partial charge in [0.2, 0.25) is 11.8 Å². The maximum Gasteiger partial charge on any atom is 0.422 e. The SMILES string of the molecule is C[C@H](C(=O)Nc1ccc(OCC(F)(F)F)nc1)C1CCOCC1. The quantitative estimate of drug-likeness (QED) is 0.900. The van der Waals surface area contributed by atoms with Gasteiger partial charge in [-0.2, -0.15) is 13.2 Å². The number of carbonyl (C=O) groups excluding carboxylic acids is 1. The van der Waals surface area contributed by atoms with E-state index in [1.165, 1.54) is 18.3 Å². The van der Waals surface area contributed by atoms with Crippen LogP contribution in [0, 0.1) is 11.8 Å². The maximum absolute atomic E-state index is 12.2. The molecule has 2 rings (SSSR count). The van der Waals surface area contributed by atoms with Crippen molar-refractivity contribution >= 4 is 11.6 Å². The molecular formula is C15H19F3N2O3. The molecule has 1 N–H and O–H groups in total. The third-order valence-corrected chi connectivity index (χ3v) is 3.77. The minimum Gasteiger partial charge on any atom is -0.468 e. The second-order valence-corrected chi connectivity index (χ2v) is 5.52. The highest BCUT2D eigenvalue weighted by Gasteiger charge is 2.29. The second-order valence-electron chi connectivity index (χ2n) is 5.52. The Hall–Kier alpha value is -1.83. The Labute approximate surface area is 132 Å². The van der Waals surface area contributed by atoms with Gasteiger partial charge in [0.1, 0.15) is 0 Å². The van der Waals surface area contributed by atoms with Crippen LogP contribution in [-0.2, 0) is 9.53 Å². The first kappa shape index (κ1) is 17.5. The van der Waals surface area contributed by atoms with Crippen LogP contribution in [0.5, 0.6) is 5.88 Å². The highest BCUT2D eigenvalue weighted by atomic mass is 19.4. The summed E-state index contributed by atoms with van der Waals surface area (Å²) >= 11 is 0. The van der Waals surface area contributed by atoms with Crippen molar-refractivity contribution in [3.05, 3.63) is 18.3 Å². The van der Waals surface area contributed by atoms with E-state index in [-0.39, 0.29) is 23.6 Å². The molecule has 23 heavy (non-hydrogen) atoms. The zero-order chi connectivity index (χ0) is 16.9. The number of alkyl halides is 3. The lowest BCUT2D eigenvalue weighted by molar-refractivity contribution is -0.154. The Kier molecular flexibility index (Phi) is 5.81. The van der Waals surface area contributed by atoms with Crippen LogP contribution in [0.25, 0.3) is 0 Å². The smallest absolute Gasteiger partial charge is 0.422 e. The summed E-state index contributed by atoms with van der Waals surface area (Å²) in [6, 6.07) is 2.76. The monoisotopic (exact) mass is 332 g/mol. The molecule has 8 heteroatoms. The Morgan fingerprint density at radius 1 is 1.43 bits per heavy atom. The van der Waals surface area contributed by atoms with Crippen LogP contribution in [0.4, 0.5) is 18.9 Å². The molecule has 0 unspecified atom stereocenters. The fourth-order valence-electron chi connectivity index (χ4n) is 2.38. The molecule has 1 fully saturated rings. The van der Waals surface area contributed by atoms with E-state index in [1.807, 2.05) is 6.92 Å². The third kappa shape index (κ3) is 5.70. The van der Waals surface area contributed by atoms with E-state index >= 15 is 0 Å². The molecule has 0 spiro atoms. The summed E-state index contributed by atoms with van der Waals surface area (Å²) in [5, 5.41) is 2.72. The van der Waals surface area contributed by atoms with Crippen LogP contribution >= 0.6 is 0 Å². The summed E-state index contributed by atoms with van der Waals surface area (Å²) in [5.41, 5.74) is 0.424. The molecule has 0 radical (unpaired) electrons. The summed E-state index contributed by atoms with van der Waals surface area (Å²) in [7, 11) is 0. The van der Waals surface area contributed by atoms with Gasteiger partial charge in [0.05, 0.1) is 11.9 Å². The predicted molar refractivity (Wildman–Crippen MR) is 77.1 cm³/mol. The van der Waals surface area contributed by atoms with Gasteiger partial charge in [-0.15, -0.1) is 0 Å². The molecule has 1 aromatic heterocycles. The molecule has 2 heterocycles. The van der Waals surface area contributed by atoms with E-state index in [2.05, 4.69) is 15.0 Å².